The second-order valence-electron chi connectivity index (χ2n) is 9.21. The summed E-state index contributed by atoms with van der Waals surface area (Å²) in [5.74, 6) is -112. The Bertz CT molecular complexity index is 1300. The Morgan fingerprint density at radius 2 is 0.588 bits per heavy atom. The summed E-state index contributed by atoms with van der Waals surface area (Å²) in [4.78, 5) is 0. The fourth-order valence-electron chi connectivity index (χ4n) is 3.16. The van der Waals surface area contributed by atoms with Gasteiger partial charge in [0.1, 0.15) is 0 Å². The molecule has 0 spiro atoms. The van der Waals surface area contributed by atoms with Crippen LogP contribution in [0.2, 0.25) is 0 Å². The van der Waals surface area contributed by atoms with Crippen molar-refractivity contribution in [3.63, 3.8) is 0 Å². The molecule has 0 bridgehead atoms. The van der Waals surface area contributed by atoms with E-state index < -0.39 is 95.4 Å². The van der Waals surface area contributed by atoms with Gasteiger partial charge >= 0.3 is 125 Å². The molecule has 302 valence electrons. The van der Waals surface area contributed by atoms with Crippen LogP contribution in [0, 0.1) is 0 Å². The normalized spacial score (nSPS) is 24.5. The number of ether oxygens (including phenoxy) is 2. The fourth-order valence-corrected chi connectivity index (χ4v) is 3.16. The van der Waals surface area contributed by atoms with E-state index in [4.69, 9.17) is 5.11 Å². The van der Waals surface area contributed by atoms with Gasteiger partial charge in [0.2, 0.25) is 0 Å². The van der Waals surface area contributed by atoms with E-state index >= 15 is 0 Å². The van der Waals surface area contributed by atoms with Crippen LogP contribution in [0.3, 0.4) is 0 Å². The van der Waals surface area contributed by atoms with Crippen LogP contribution >= 0.6 is 0 Å². The largest absolute Gasteiger partial charge is 1.00 e. The van der Waals surface area contributed by atoms with Crippen molar-refractivity contribution in [3.05, 3.63) is 0 Å². The van der Waals surface area contributed by atoms with Crippen molar-refractivity contribution in [1.82, 2.24) is 0 Å². The van der Waals surface area contributed by atoms with Crippen LogP contribution in [0.15, 0.2) is 0 Å². The van der Waals surface area contributed by atoms with Gasteiger partial charge in [-0.25, -0.2) is 0 Å². The van der Waals surface area contributed by atoms with Crippen molar-refractivity contribution in [2.24, 2.45) is 0 Å². The second kappa shape index (κ2) is 11.9. The monoisotopic (exact) mass is 854 g/mol. The zero-order valence-electron chi connectivity index (χ0n) is 23.0. The summed E-state index contributed by atoms with van der Waals surface area (Å²) in [5, 5.41) is 8.26. The molecule has 0 aromatic rings. The minimum atomic E-state index is -9.69. The van der Waals surface area contributed by atoms with Crippen molar-refractivity contribution in [2.75, 3.05) is 0 Å². The molecule has 1 heterocycles. The third-order valence-corrected chi connectivity index (χ3v) is 6.01. The van der Waals surface area contributed by atoms with Crippen LogP contribution in [0.25, 0.3) is 0 Å². The third kappa shape index (κ3) is 5.69. The van der Waals surface area contributed by atoms with Gasteiger partial charge < -0.3 is 6.53 Å². The molecule has 1 fully saturated rings. The molecule has 3 nitrogen and oxygen atoms in total. The zero-order valence-corrected chi connectivity index (χ0v) is 24.0. The van der Waals surface area contributed by atoms with E-state index in [1.807, 2.05) is 0 Å². The maximum Gasteiger partial charge on any atom is 1.00 e. The molecule has 0 aliphatic carbocycles. The van der Waals surface area contributed by atoms with E-state index in [0.717, 1.165) is 0 Å². The topological polar surface area (TPSA) is 38.7 Å². The standard InChI is InChI=1S/C16HF31O3.Na.H/c17-1(18,5(25,26)9(33,34)13(38,39)40)3(21,22)7(29,30)11(37)16(46,47)50-12(49-11,15(44,45)48)8(31,32)4(23,24)2(19,20)6(27,28)10(35,36)14(41,42)43;;/h48H;;/q;+1;-1. The van der Waals surface area contributed by atoms with Gasteiger partial charge in [0, 0.05) is 0 Å². The van der Waals surface area contributed by atoms with Gasteiger partial charge in [-0.3, -0.25) is 9.47 Å². The number of hydrogen-bond acceptors (Lipinski definition) is 3. The SMILES string of the molecule is OC(F)(F)C1(C(F)(F)C(F)(F)C(F)(F)C(F)(F)C(F)(F)C(F)(F)F)OC(F)(F)C(F)(C(F)(F)C(F)(F)C(F)(F)C(F)(F)C(F)(F)C(F)(F)F)O1.[H-].[Na+]. The summed E-state index contributed by atoms with van der Waals surface area (Å²) < 4.78 is 418. The Balaban J connectivity index is 0. The molecule has 1 rings (SSSR count). The average molecular weight is 854 g/mol. The van der Waals surface area contributed by atoms with E-state index in [0.29, 0.717) is 0 Å². The Morgan fingerprint density at radius 1 is 0.353 bits per heavy atom. The van der Waals surface area contributed by atoms with Crippen LogP contribution in [0.4, 0.5) is 136 Å². The second-order valence-corrected chi connectivity index (χ2v) is 9.21. The van der Waals surface area contributed by atoms with Gasteiger partial charge in [-0.15, -0.1) is 0 Å². The number of rotatable bonds is 11. The van der Waals surface area contributed by atoms with Crippen molar-refractivity contribution < 1.29 is 182 Å². The van der Waals surface area contributed by atoms with E-state index in [1.165, 1.54) is 9.47 Å². The first-order valence-electron chi connectivity index (χ1n) is 10.4. The molecule has 0 amide bonds. The molecule has 2 unspecified atom stereocenters. The Morgan fingerprint density at radius 3 is 0.824 bits per heavy atom. The summed E-state index contributed by atoms with van der Waals surface area (Å²) in [7, 11) is 0. The molecule has 0 aromatic carbocycles. The molecule has 1 aliphatic heterocycles. The Kier molecular flexibility index (Phi) is 11.6. The first kappa shape index (κ1) is 49.7. The van der Waals surface area contributed by atoms with Gasteiger partial charge in [0.25, 0.3) is 0 Å². The van der Waals surface area contributed by atoms with E-state index in [9.17, 15) is 136 Å². The van der Waals surface area contributed by atoms with Crippen LogP contribution in [0.1, 0.15) is 1.43 Å². The molecule has 2 atom stereocenters. The van der Waals surface area contributed by atoms with Crippen LogP contribution in [0.5, 0.6) is 0 Å². The number of alkyl halides is 31. The van der Waals surface area contributed by atoms with Gasteiger partial charge in [0.15, 0.2) is 0 Å². The quantitative estimate of drug-likeness (QED) is 0.200. The van der Waals surface area contributed by atoms with Crippen molar-refractivity contribution in [3.8, 4) is 0 Å². The molecule has 0 saturated carbocycles. The third-order valence-electron chi connectivity index (χ3n) is 6.01. The maximum absolute atomic E-state index is 14.7. The van der Waals surface area contributed by atoms with Gasteiger partial charge in [-0.2, -0.15) is 136 Å². The smallest absolute Gasteiger partial charge is 1.00 e. The van der Waals surface area contributed by atoms with Crippen molar-refractivity contribution in [1.29, 1.82) is 0 Å². The van der Waals surface area contributed by atoms with Crippen molar-refractivity contribution in [2.45, 2.75) is 95.4 Å². The minimum absolute atomic E-state index is 0. The minimum Gasteiger partial charge on any atom is -1.00 e. The summed E-state index contributed by atoms with van der Waals surface area (Å²) in [6.45, 7) is 0. The Labute approximate surface area is 277 Å². The van der Waals surface area contributed by atoms with Gasteiger partial charge in [-0.1, -0.05) is 0 Å². The predicted octanol–water partition coefficient (Wildman–Crippen LogP) is 6.17. The molecule has 51 heavy (non-hydrogen) atoms. The molecule has 1 aliphatic rings. The van der Waals surface area contributed by atoms with Gasteiger partial charge in [-0.05, 0) is 0 Å². The number of aliphatic hydroxyl groups is 1. The first-order chi connectivity index (χ1) is 20.9. The molecule has 0 aromatic heterocycles. The summed E-state index contributed by atoms with van der Waals surface area (Å²) >= 11 is 0. The van der Waals surface area contributed by atoms with Crippen LogP contribution < -0.4 is 29.6 Å². The fraction of sp³-hybridized carbons (Fsp3) is 1.00. The van der Waals surface area contributed by atoms with Crippen LogP contribution in [-0.4, -0.2) is 101 Å². The summed E-state index contributed by atoms with van der Waals surface area (Å²) in [6, 6.07) is 0. The van der Waals surface area contributed by atoms with E-state index in [1.54, 1.807) is 0 Å². The Hall–Kier alpha value is -1.29. The zero-order chi connectivity index (χ0) is 41.4. The maximum atomic E-state index is 14.7. The molecule has 1 N–H and O–H groups in total. The predicted molar refractivity (Wildman–Crippen MR) is 83.5 cm³/mol. The van der Waals surface area contributed by atoms with E-state index in [2.05, 4.69) is 0 Å². The summed E-state index contributed by atoms with van der Waals surface area (Å²) in [5.41, 5.74) is 0. The first-order valence-corrected chi connectivity index (χ1v) is 10.4. The van der Waals surface area contributed by atoms with Crippen molar-refractivity contribution >= 4 is 0 Å². The van der Waals surface area contributed by atoms with E-state index in [-0.39, 0.29) is 31.0 Å². The van der Waals surface area contributed by atoms with Crippen LogP contribution in [-0.2, 0) is 9.47 Å². The molecule has 1 saturated heterocycles. The molecular weight excluding hydrogens is 852 g/mol. The molecular formula is C16H2F31NaO3. The molecule has 35 heteroatoms. The number of hydrogen-bond donors (Lipinski definition) is 1. The average Bonchev–Trinajstić information content (AvgIpc) is 3.09. The molecule has 0 radical (unpaired) electrons. The number of halogens is 31. The van der Waals surface area contributed by atoms with Gasteiger partial charge in [0.05, 0.1) is 0 Å². The summed E-state index contributed by atoms with van der Waals surface area (Å²) in [6.07, 6.45) is -33.8.